The summed E-state index contributed by atoms with van der Waals surface area (Å²) in [6.07, 6.45) is 0. The fourth-order valence-electron chi connectivity index (χ4n) is 1.94. The highest BCUT2D eigenvalue weighted by Gasteiger charge is 2.28. The van der Waals surface area contributed by atoms with E-state index in [0.717, 1.165) is 5.56 Å². The van der Waals surface area contributed by atoms with Gasteiger partial charge in [-0.3, -0.25) is 0 Å². The molecule has 0 amide bonds. The molecule has 1 aromatic heterocycles. The highest BCUT2D eigenvalue weighted by atomic mass is 32.2. The minimum Gasteiger partial charge on any atom is -0.508 e. The number of aromatic nitrogens is 1. The Morgan fingerprint density at radius 1 is 1.25 bits per heavy atom. The number of aromatic hydroxyl groups is 1. The van der Waals surface area contributed by atoms with Crippen molar-refractivity contribution in [2.45, 2.75) is 25.3 Å². The number of benzene rings is 1. The first kappa shape index (κ1) is 14.5. The minimum absolute atomic E-state index is 0.110. The summed E-state index contributed by atoms with van der Waals surface area (Å²) in [5, 5.41) is 12.9. The van der Waals surface area contributed by atoms with Crippen LogP contribution < -0.4 is 0 Å². The molecule has 0 atom stereocenters. The maximum Gasteiger partial charge on any atom is 0.248 e. The molecule has 0 bridgehead atoms. The largest absolute Gasteiger partial charge is 0.508 e. The van der Waals surface area contributed by atoms with Gasteiger partial charge in [0, 0.05) is 13.6 Å². The number of phenols is 1. The lowest BCUT2D eigenvalue weighted by Crippen LogP contribution is -2.27. The van der Waals surface area contributed by atoms with E-state index in [1.807, 2.05) is 0 Å². The number of phenolic OH excluding ortho intramolecular Hbond substituents is 1. The van der Waals surface area contributed by atoms with Gasteiger partial charge in [0.05, 0.1) is 0 Å². The molecule has 1 aromatic carbocycles. The van der Waals surface area contributed by atoms with Crippen LogP contribution >= 0.6 is 0 Å². The maximum absolute atomic E-state index is 12.5. The van der Waals surface area contributed by atoms with Crippen molar-refractivity contribution in [3.05, 3.63) is 41.3 Å². The predicted octanol–water partition coefficient (Wildman–Crippen LogP) is 1.82. The van der Waals surface area contributed by atoms with Crippen LogP contribution in [0.2, 0.25) is 0 Å². The normalized spacial score (nSPS) is 12.0. The summed E-state index contributed by atoms with van der Waals surface area (Å²) in [6.45, 7) is 3.37. The quantitative estimate of drug-likeness (QED) is 0.930. The first-order valence-electron chi connectivity index (χ1n) is 5.99. The standard InChI is InChI=1S/C13H16N2O4S/c1-9-13(10(2)19-14-9)20(17,18)15(3)8-11-4-6-12(16)7-5-11/h4-7,16H,8H2,1-3H3. The predicted molar refractivity (Wildman–Crippen MR) is 72.7 cm³/mol. The van der Waals surface area contributed by atoms with Gasteiger partial charge in [-0.2, -0.15) is 4.31 Å². The van der Waals surface area contributed by atoms with Gasteiger partial charge in [-0.1, -0.05) is 17.3 Å². The van der Waals surface area contributed by atoms with Crippen molar-refractivity contribution in [2.24, 2.45) is 0 Å². The molecule has 20 heavy (non-hydrogen) atoms. The summed E-state index contributed by atoms with van der Waals surface area (Å²) in [5.74, 6) is 0.421. The zero-order valence-corrected chi connectivity index (χ0v) is 12.3. The van der Waals surface area contributed by atoms with Crippen molar-refractivity contribution in [1.82, 2.24) is 9.46 Å². The van der Waals surface area contributed by atoms with E-state index in [9.17, 15) is 13.5 Å². The van der Waals surface area contributed by atoms with Crippen molar-refractivity contribution in [3.8, 4) is 5.75 Å². The number of rotatable bonds is 4. The van der Waals surface area contributed by atoms with E-state index < -0.39 is 10.0 Å². The lowest BCUT2D eigenvalue weighted by molar-refractivity contribution is 0.389. The minimum atomic E-state index is -3.65. The van der Waals surface area contributed by atoms with Crippen LogP contribution in [0.1, 0.15) is 17.0 Å². The monoisotopic (exact) mass is 296 g/mol. The Labute approximate surface area is 117 Å². The lowest BCUT2D eigenvalue weighted by atomic mass is 10.2. The van der Waals surface area contributed by atoms with Gasteiger partial charge in [0.1, 0.15) is 16.3 Å². The second kappa shape index (κ2) is 5.26. The van der Waals surface area contributed by atoms with Crippen molar-refractivity contribution in [1.29, 1.82) is 0 Å². The van der Waals surface area contributed by atoms with E-state index in [-0.39, 0.29) is 22.9 Å². The van der Waals surface area contributed by atoms with E-state index >= 15 is 0 Å². The van der Waals surface area contributed by atoms with Crippen LogP contribution in [0.15, 0.2) is 33.7 Å². The number of hydrogen-bond donors (Lipinski definition) is 1. The van der Waals surface area contributed by atoms with Crippen molar-refractivity contribution in [3.63, 3.8) is 0 Å². The van der Waals surface area contributed by atoms with Gasteiger partial charge in [0.25, 0.3) is 0 Å². The molecule has 0 aliphatic rings. The molecule has 0 saturated carbocycles. The highest BCUT2D eigenvalue weighted by molar-refractivity contribution is 7.89. The molecule has 0 radical (unpaired) electrons. The third-order valence-corrected chi connectivity index (χ3v) is 5.03. The van der Waals surface area contributed by atoms with Gasteiger partial charge in [0.15, 0.2) is 5.76 Å². The van der Waals surface area contributed by atoms with Crippen LogP contribution in [0, 0.1) is 13.8 Å². The van der Waals surface area contributed by atoms with Crippen LogP contribution in [0.4, 0.5) is 0 Å². The van der Waals surface area contributed by atoms with E-state index in [2.05, 4.69) is 5.16 Å². The smallest absolute Gasteiger partial charge is 0.248 e. The Bertz CT molecular complexity index is 685. The first-order valence-corrected chi connectivity index (χ1v) is 7.43. The second-order valence-electron chi connectivity index (χ2n) is 4.58. The van der Waals surface area contributed by atoms with E-state index in [1.165, 1.54) is 23.5 Å². The number of aryl methyl sites for hydroxylation is 2. The summed E-state index contributed by atoms with van der Waals surface area (Å²) in [5.41, 5.74) is 1.13. The summed E-state index contributed by atoms with van der Waals surface area (Å²) in [6, 6.07) is 6.39. The van der Waals surface area contributed by atoms with Gasteiger partial charge < -0.3 is 9.63 Å². The molecule has 2 rings (SSSR count). The third-order valence-electron chi connectivity index (χ3n) is 2.98. The zero-order valence-electron chi connectivity index (χ0n) is 11.5. The Kier molecular flexibility index (Phi) is 3.82. The van der Waals surface area contributed by atoms with Crippen LogP contribution in [0.3, 0.4) is 0 Å². The van der Waals surface area contributed by atoms with Gasteiger partial charge in [-0.05, 0) is 31.5 Å². The maximum atomic E-state index is 12.5. The van der Waals surface area contributed by atoms with Crippen LogP contribution in [0.5, 0.6) is 5.75 Å². The van der Waals surface area contributed by atoms with Gasteiger partial charge >= 0.3 is 0 Å². The molecule has 0 unspecified atom stereocenters. The summed E-state index contributed by atoms with van der Waals surface area (Å²) >= 11 is 0. The summed E-state index contributed by atoms with van der Waals surface area (Å²) in [7, 11) is -2.16. The Morgan fingerprint density at radius 2 is 1.85 bits per heavy atom. The molecule has 0 aliphatic carbocycles. The molecule has 1 heterocycles. The molecular formula is C13H16N2O4S. The van der Waals surface area contributed by atoms with Crippen molar-refractivity contribution < 1.29 is 18.0 Å². The first-order chi connectivity index (χ1) is 9.32. The van der Waals surface area contributed by atoms with Gasteiger partial charge in [-0.15, -0.1) is 0 Å². The molecule has 2 aromatic rings. The average Bonchev–Trinajstić information content (AvgIpc) is 2.72. The Hall–Kier alpha value is -1.86. The van der Waals surface area contributed by atoms with Gasteiger partial charge in [-0.25, -0.2) is 8.42 Å². The molecule has 0 saturated heterocycles. The summed E-state index contributed by atoms with van der Waals surface area (Å²) in [4.78, 5) is 0.110. The van der Waals surface area contributed by atoms with Gasteiger partial charge in [0.2, 0.25) is 10.0 Å². The molecule has 108 valence electrons. The van der Waals surface area contributed by atoms with E-state index in [0.29, 0.717) is 5.69 Å². The fourth-order valence-corrected chi connectivity index (χ4v) is 3.38. The zero-order chi connectivity index (χ0) is 14.9. The number of hydrogen-bond acceptors (Lipinski definition) is 5. The van der Waals surface area contributed by atoms with Crippen molar-refractivity contribution in [2.75, 3.05) is 7.05 Å². The van der Waals surface area contributed by atoms with Crippen LogP contribution in [-0.2, 0) is 16.6 Å². The molecule has 0 spiro atoms. The molecule has 6 nitrogen and oxygen atoms in total. The molecular weight excluding hydrogens is 280 g/mol. The molecule has 0 fully saturated rings. The number of nitrogens with zero attached hydrogens (tertiary/aromatic N) is 2. The second-order valence-corrected chi connectivity index (χ2v) is 6.56. The van der Waals surface area contributed by atoms with Crippen LogP contribution in [0.25, 0.3) is 0 Å². The highest BCUT2D eigenvalue weighted by Crippen LogP contribution is 2.23. The fraction of sp³-hybridized carbons (Fsp3) is 0.308. The SMILES string of the molecule is Cc1noc(C)c1S(=O)(=O)N(C)Cc1ccc(O)cc1. The van der Waals surface area contributed by atoms with E-state index in [1.54, 1.807) is 26.0 Å². The Morgan fingerprint density at radius 3 is 2.35 bits per heavy atom. The lowest BCUT2D eigenvalue weighted by Gasteiger charge is -2.17. The van der Waals surface area contributed by atoms with Crippen molar-refractivity contribution >= 4 is 10.0 Å². The molecule has 7 heteroatoms. The average molecular weight is 296 g/mol. The van der Waals surface area contributed by atoms with Crippen LogP contribution in [-0.4, -0.2) is 30.0 Å². The van der Waals surface area contributed by atoms with E-state index in [4.69, 9.17) is 4.52 Å². The molecule has 1 N–H and O–H groups in total. The topological polar surface area (TPSA) is 83.6 Å². The summed E-state index contributed by atoms with van der Waals surface area (Å²) < 4.78 is 31.1. The number of sulfonamides is 1. The molecule has 0 aliphatic heterocycles. The third kappa shape index (κ3) is 2.68. The Balaban J connectivity index is 2.28.